The molecule has 0 aliphatic heterocycles. The molecule has 4 nitrogen and oxygen atoms in total. The summed E-state index contributed by atoms with van der Waals surface area (Å²) in [6, 6.07) is 9.54. The van der Waals surface area contributed by atoms with Gasteiger partial charge in [0.1, 0.15) is 11.6 Å². The number of rotatable bonds is 3. The second-order valence-electron chi connectivity index (χ2n) is 8.64. The Labute approximate surface area is 160 Å². The van der Waals surface area contributed by atoms with Crippen LogP contribution in [0.4, 0.5) is 4.39 Å². The summed E-state index contributed by atoms with van der Waals surface area (Å²) in [6.45, 7) is 11.9. The van der Waals surface area contributed by atoms with Gasteiger partial charge in [-0.1, -0.05) is 59.7 Å². The van der Waals surface area contributed by atoms with Gasteiger partial charge < -0.3 is 5.11 Å². The van der Waals surface area contributed by atoms with Gasteiger partial charge in [-0.2, -0.15) is 5.10 Å². The number of phenols is 1. The van der Waals surface area contributed by atoms with Crippen LogP contribution >= 0.6 is 0 Å². The molecule has 2 aromatic rings. The van der Waals surface area contributed by atoms with Crippen LogP contribution < -0.4 is 5.43 Å². The fraction of sp³-hybridized carbons (Fsp3) is 0.364. The number of aromatic hydroxyl groups is 1. The van der Waals surface area contributed by atoms with Gasteiger partial charge >= 0.3 is 0 Å². The maximum absolute atomic E-state index is 13.6. The van der Waals surface area contributed by atoms with Crippen molar-refractivity contribution in [2.24, 2.45) is 5.10 Å². The van der Waals surface area contributed by atoms with Gasteiger partial charge in [-0.05, 0) is 29.0 Å². The smallest absolute Gasteiger partial charge is 0.271 e. The van der Waals surface area contributed by atoms with E-state index in [1.807, 2.05) is 41.5 Å². The summed E-state index contributed by atoms with van der Waals surface area (Å²) in [6.07, 6.45) is 1.27. The van der Waals surface area contributed by atoms with Crippen molar-refractivity contribution in [3.05, 3.63) is 64.5 Å². The molecule has 2 aromatic carbocycles. The van der Waals surface area contributed by atoms with Crippen LogP contribution in [0.3, 0.4) is 0 Å². The van der Waals surface area contributed by atoms with E-state index < -0.39 is 11.7 Å². The van der Waals surface area contributed by atoms with Gasteiger partial charge in [0.25, 0.3) is 5.91 Å². The first-order chi connectivity index (χ1) is 12.4. The Balaban J connectivity index is 2.37. The molecule has 2 N–H and O–H groups in total. The maximum atomic E-state index is 13.6. The molecule has 0 radical (unpaired) electrons. The number of carbonyl (C=O) groups is 1. The van der Waals surface area contributed by atoms with Gasteiger partial charge in [0.15, 0.2) is 0 Å². The van der Waals surface area contributed by atoms with Crippen LogP contribution in [-0.4, -0.2) is 17.2 Å². The van der Waals surface area contributed by atoms with Gasteiger partial charge in [-0.3, -0.25) is 4.79 Å². The molecule has 0 unspecified atom stereocenters. The molecular weight excluding hydrogens is 343 g/mol. The zero-order chi connectivity index (χ0) is 20.4. The van der Waals surface area contributed by atoms with Crippen LogP contribution in [0.15, 0.2) is 41.5 Å². The minimum absolute atomic E-state index is 0.210. The Hall–Kier alpha value is -2.69. The molecule has 0 spiro atoms. The SMILES string of the molecule is CC(C)(C)c1cc(C(=O)NN=Cc2ccccc2F)cc(C(C)(C)C)c1O. The van der Waals surface area contributed by atoms with Crippen LogP contribution in [0.5, 0.6) is 5.75 Å². The van der Waals surface area contributed by atoms with E-state index in [1.165, 1.54) is 12.3 Å². The molecule has 5 heteroatoms. The predicted molar refractivity (Wildman–Crippen MR) is 107 cm³/mol. The van der Waals surface area contributed by atoms with Crippen LogP contribution in [-0.2, 0) is 10.8 Å². The first kappa shape index (κ1) is 20.6. The molecule has 144 valence electrons. The lowest BCUT2D eigenvalue weighted by Gasteiger charge is -2.28. The number of benzene rings is 2. The summed E-state index contributed by atoms with van der Waals surface area (Å²) in [4.78, 5) is 12.6. The summed E-state index contributed by atoms with van der Waals surface area (Å²) in [5.41, 5.74) is 3.83. The van der Waals surface area contributed by atoms with E-state index in [4.69, 9.17) is 0 Å². The van der Waals surface area contributed by atoms with E-state index in [-0.39, 0.29) is 22.1 Å². The van der Waals surface area contributed by atoms with Crippen molar-refractivity contribution in [3.63, 3.8) is 0 Å². The fourth-order valence-corrected chi connectivity index (χ4v) is 2.71. The Morgan fingerprint density at radius 1 is 1.04 bits per heavy atom. The van der Waals surface area contributed by atoms with Crippen molar-refractivity contribution in [2.45, 2.75) is 52.4 Å². The highest BCUT2D eigenvalue weighted by Gasteiger charge is 2.27. The molecule has 2 rings (SSSR count). The molecule has 0 aliphatic rings. The van der Waals surface area contributed by atoms with Crippen molar-refractivity contribution in [1.82, 2.24) is 5.43 Å². The standard InChI is InChI=1S/C22H27FN2O2/c1-21(2,3)16-11-15(12-17(19(16)26)22(4,5)6)20(27)25-24-13-14-9-7-8-10-18(14)23/h7-13,26H,1-6H3,(H,25,27). The Kier molecular flexibility index (Phi) is 5.73. The largest absolute Gasteiger partial charge is 0.507 e. The van der Waals surface area contributed by atoms with Gasteiger partial charge in [0, 0.05) is 22.3 Å². The Morgan fingerprint density at radius 3 is 2.04 bits per heavy atom. The first-order valence-electron chi connectivity index (χ1n) is 8.87. The molecule has 0 saturated carbocycles. The number of nitrogens with zero attached hydrogens (tertiary/aromatic N) is 1. The minimum Gasteiger partial charge on any atom is -0.507 e. The van der Waals surface area contributed by atoms with Crippen molar-refractivity contribution in [1.29, 1.82) is 0 Å². The molecule has 0 fully saturated rings. The topological polar surface area (TPSA) is 61.7 Å². The van der Waals surface area contributed by atoms with Crippen LogP contribution in [0.1, 0.15) is 68.6 Å². The number of hydrazone groups is 1. The molecule has 0 heterocycles. The summed E-state index contributed by atoms with van der Waals surface area (Å²) in [7, 11) is 0. The number of hydrogen-bond donors (Lipinski definition) is 2. The van der Waals surface area contributed by atoms with E-state index in [9.17, 15) is 14.3 Å². The first-order valence-corrected chi connectivity index (χ1v) is 8.87. The molecule has 27 heavy (non-hydrogen) atoms. The third-order valence-electron chi connectivity index (χ3n) is 4.26. The van der Waals surface area contributed by atoms with Gasteiger partial charge in [-0.15, -0.1) is 0 Å². The van der Waals surface area contributed by atoms with Crippen molar-refractivity contribution in [3.8, 4) is 5.75 Å². The second kappa shape index (κ2) is 7.51. The number of hydrogen-bond acceptors (Lipinski definition) is 3. The monoisotopic (exact) mass is 370 g/mol. The van der Waals surface area contributed by atoms with Crippen molar-refractivity contribution >= 4 is 12.1 Å². The highest BCUT2D eigenvalue weighted by Crippen LogP contribution is 2.39. The highest BCUT2D eigenvalue weighted by atomic mass is 19.1. The third kappa shape index (κ3) is 4.94. The van der Waals surface area contributed by atoms with E-state index in [1.54, 1.807) is 30.3 Å². The molecule has 0 saturated heterocycles. The van der Waals surface area contributed by atoms with Crippen LogP contribution in [0.2, 0.25) is 0 Å². The second-order valence-corrected chi connectivity index (χ2v) is 8.64. The van der Waals surface area contributed by atoms with Crippen LogP contribution in [0, 0.1) is 5.82 Å². The molecule has 0 aliphatic carbocycles. The van der Waals surface area contributed by atoms with E-state index in [2.05, 4.69) is 10.5 Å². The van der Waals surface area contributed by atoms with E-state index >= 15 is 0 Å². The summed E-state index contributed by atoms with van der Waals surface area (Å²) in [5.74, 6) is -0.620. The number of amides is 1. The number of halogens is 1. The number of nitrogens with one attached hydrogen (secondary N) is 1. The average Bonchev–Trinajstić information content (AvgIpc) is 2.54. The summed E-state index contributed by atoms with van der Waals surface area (Å²) in [5, 5.41) is 14.6. The summed E-state index contributed by atoms with van der Waals surface area (Å²) < 4.78 is 13.6. The lowest BCUT2D eigenvalue weighted by molar-refractivity contribution is 0.0955. The molecule has 1 amide bonds. The lowest BCUT2D eigenvalue weighted by atomic mass is 9.78. The lowest BCUT2D eigenvalue weighted by Crippen LogP contribution is -2.22. The fourth-order valence-electron chi connectivity index (χ4n) is 2.71. The molecule has 0 atom stereocenters. The Morgan fingerprint density at radius 2 is 1.56 bits per heavy atom. The van der Waals surface area contributed by atoms with Gasteiger partial charge in [0.05, 0.1) is 6.21 Å². The van der Waals surface area contributed by atoms with E-state index in [0.29, 0.717) is 16.7 Å². The van der Waals surface area contributed by atoms with Crippen LogP contribution in [0.25, 0.3) is 0 Å². The highest BCUT2D eigenvalue weighted by molar-refractivity contribution is 5.95. The zero-order valence-electron chi connectivity index (χ0n) is 16.7. The van der Waals surface area contributed by atoms with Gasteiger partial charge in [-0.25, -0.2) is 9.82 Å². The molecular formula is C22H27FN2O2. The third-order valence-corrected chi connectivity index (χ3v) is 4.26. The number of phenolic OH excluding ortho intramolecular Hbond substituents is 1. The quantitative estimate of drug-likeness (QED) is 0.597. The summed E-state index contributed by atoms with van der Waals surface area (Å²) >= 11 is 0. The van der Waals surface area contributed by atoms with E-state index in [0.717, 1.165) is 0 Å². The Bertz CT molecular complexity index is 840. The average molecular weight is 370 g/mol. The number of carbonyl (C=O) groups excluding carboxylic acids is 1. The van der Waals surface area contributed by atoms with Crippen molar-refractivity contribution < 1.29 is 14.3 Å². The maximum Gasteiger partial charge on any atom is 0.271 e. The minimum atomic E-state index is -0.418. The van der Waals surface area contributed by atoms with Crippen molar-refractivity contribution in [2.75, 3.05) is 0 Å². The predicted octanol–water partition coefficient (Wildman–Crippen LogP) is 4.89. The molecule has 0 aromatic heterocycles. The molecule has 0 bridgehead atoms. The normalized spacial score (nSPS) is 12.4. The zero-order valence-corrected chi connectivity index (χ0v) is 16.7. The van der Waals surface area contributed by atoms with Gasteiger partial charge in [0.2, 0.25) is 0 Å².